The van der Waals surface area contributed by atoms with Crippen LogP contribution in [0.25, 0.3) is 0 Å². The summed E-state index contributed by atoms with van der Waals surface area (Å²) in [6, 6.07) is 0.133. The highest BCUT2D eigenvalue weighted by atomic mass is 16.5. The first kappa shape index (κ1) is 15.7. The lowest BCUT2D eigenvalue weighted by molar-refractivity contribution is -0.137. The number of likely N-dealkylation sites (tertiary alicyclic amines) is 1. The van der Waals surface area contributed by atoms with Crippen LogP contribution in [0.5, 0.6) is 0 Å². The lowest BCUT2D eigenvalue weighted by atomic mass is 9.98. The van der Waals surface area contributed by atoms with Gasteiger partial charge in [0.25, 0.3) is 0 Å². The second-order valence-electron chi connectivity index (χ2n) is 5.89. The summed E-state index contributed by atoms with van der Waals surface area (Å²) in [5.74, 6) is 0.226. The van der Waals surface area contributed by atoms with Crippen LogP contribution in [0.2, 0.25) is 0 Å². The average molecular weight is 284 g/mol. The van der Waals surface area contributed by atoms with Crippen molar-refractivity contribution < 1.29 is 14.3 Å². The van der Waals surface area contributed by atoms with E-state index < -0.39 is 0 Å². The van der Waals surface area contributed by atoms with E-state index in [1.54, 1.807) is 7.11 Å². The van der Waals surface area contributed by atoms with Crippen molar-refractivity contribution in [3.63, 3.8) is 0 Å². The molecule has 2 N–H and O–H groups in total. The number of amides is 1. The van der Waals surface area contributed by atoms with E-state index in [2.05, 4.69) is 0 Å². The third-order valence-electron chi connectivity index (χ3n) is 4.55. The molecule has 116 valence electrons. The van der Waals surface area contributed by atoms with Gasteiger partial charge in [-0.25, -0.2) is 0 Å². The van der Waals surface area contributed by atoms with Crippen LogP contribution in [0, 0.1) is 0 Å². The third-order valence-corrected chi connectivity index (χ3v) is 4.55. The maximum absolute atomic E-state index is 12.4. The fraction of sp³-hybridized carbons (Fsp3) is 0.933. The van der Waals surface area contributed by atoms with E-state index in [9.17, 15) is 4.79 Å². The maximum atomic E-state index is 12.4. The molecule has 2 aliphatic rings. The molecule has 1 amide bonds. The normalized spacial score (nSPS) is 31.3. The molecule has 0 aromatic carbocycles. The van der Waals surface area contributed by atoms with Crippen LogP contribution in [-0.2, 0) is 14.3 Å². The fourth-order valence-corrected chi connectivity index (χ4v) is 3.24. The van der Waals surface area contributed by atoms with Crippen LogP contribution in [0.1, 0.15) is 44.9 Å². The molecule has 0 aromatic rings. The van der Waals surface area contributed by atoms with Gasteiger partial charge in [-0.15, -0.1) is 0 Å². The van der Waals surface area contributed by atoms with Gasteiger partial charge >= 0.3 is 0 Å². The number of hydrogen-bond donors (Lipinski definition) is 1. The summed E-state index contributed by atoms with van der Waals surface area (Å²) in [6.07, 6.45) is 7.21. The summed E-state index contributed by atoms with van der Waals surface area (Å²) < 4.78 is 11.1. The Morgan fingerprint density at radius 3 is 2.90 bits per heavy atom. The summed E-state index contributed by atoms with van der Waals surface area (Å²) in [5, 5.41) is 0. The number of carbonyl (C=O) groups excluding carboxylic acids is 1. The second kappa shape index (κ2) is 7.96. The van der Waals surface area contributed by atoms with Gasteiger partial charge in [0, 0.05) is 39.3 Å². The quantitative estimate of drug-likeness (QED) is 0.826. The Morgan fingerprint density at radius 1 is 1.40 bits per heavy atom. The fourth-order valence-electron chi connectivity index (χ4n) is 3.24. The number of ether oxygens (including phenoxy) is 2. The van der Waals surface area contributed by atoms with Crippen LogP contribution in [-0.4, -0.2) is 55.9 Å². The Hall–Kier alpha value is -0.650. The number of nitrogens with zero attached hydrogens (tertiary/aromatic N) is 1. The predicted octanol–water partition coefficient (Wildman–Crippen LogP) is 1.30. The minimum absolute atomic E-state index is 0.133. The Labute approximate surface area is 121 Å². The molecule has 3 unspecified atom stereocenters. The summed E-state index contributed by atoms with van der Waals surface area (Å²) in [6.45, 7) is 2.14. The lowest BCUT2D eigenvalue weighted by Crippen LogP contribution is -2.51. The second-order valence-corrected chi connectivity index (χ2v) is 5.89. The van der Waals surface area contributed by atoms with Crippen molar-refractivity contribution in [3.8, 4) is 0 Å². The molecule has 0 bridgehead atoms. The minimum atomic E-state index is 0.133. The van der Waals surface area contributed by atoms with E-state index in [4.69, 9.17) is 15.2 Å². The van der Waals surface area contributed by atoms with Crippen molar-refractivity contribution >= 4 is 5.91 Å². The smallest absolute Gasteiger partial charge is 0.222 e. The predicted molar refractivity (Wildman–Crippen MR) is 77.4 cm³/mol. The van der Waals surface area contributed by atoms with E-state index in [1.807, 2.05) is 4.90 Å². The molecule has 5 nitrogen and oxygen atoms in total. The van der Waals surface area contributed by atoms with Crippen LogP contribution in [0.15, 0.2) is 0 Å². The molecular formula is C15H28N2O3. The van der Waals surface area contributed by atoms with E-state index in [0.717, 1.165) is 45.3 Å². The number of hydrogen-bond acceptors (Lipinski definition) is 4. The van der Waals surface area contributed by atoms with Gasteiger partial charge in [-0.05, 0) is 38.5 Å². The molecule has 2 rings (SSSR count). The number of carbonyl (C=O) groups is 1. The minimum Gasteiger partial charge on any atom is -0.381 e. The highest BCUT2D eigenvalue weighted by Gasteiger charge is 2.30. The Bertz CT molecular complexity index is 305. The molecule has 3 atom stereocenters. The lowest BCUT2D eigenvalue weighted by Gasteiger charge is -2.38. The number of methoxy groups -OCH3 is 1. The topological polar surface area (TPSA) is 64.8 Å². The standard InChI is InChI=1S/C15H28N2O3/c1-19-14-7-8-17(12(10-14)11-16)15(18)6-5-13-4-2-3-9-20-13/h12-14H,2-11,16H2,1H3. The van der Waals surface area contributed by atoms with Gasteiger partial charge in [0.2, 0.25) is 5.91 Å². The first-order valence-electron chi connectivity index (χ1n) is 7.88. The first-order chi connectivity index (χ1) is 9.74. The summed E-state index contributed by atoms with van der Waals surface area (Å²) in [4.78, 5) is 14.3. The van der Waals surface area contributed by atoms with Crippen molar-refractivity contribution in [2.24, 2.45) is 5.73 Å². The molecule has 0 saturated carbocycles. The van der Waals surface area contributed by atoms with Gasteiger partial charge in [-0.3, -0.25) is 4.79 Å². The summed E-state index contributed by atoms with van der Waals surface area (Å²) in [5.41, 5.74) is 5.81. The van der Waals surface area contributed by atoms with Crippen LogP contribution < -0.4 is 5.73 Å². The van der Waals surface area contributed by atoms with Crippen molar-refractivity contribution in [1.29, 1.82) is 0 Å². The van der Waals surface area contributed by atoms with E-state index >= 15 is 0 Å². The Balaban J connectivity index is 1.78. The molecule has 2 fully saturated rings. The number of nitrogens with two attached hydrogens (primary N) is 1. The van der Waals surface area contributed by atoms with Crippen LogP contribution >= 0.6 is 0 Å². The highest BCUT2D eigenvalue weighted by molar-refractivity contribution is 5.76. The van der Waals surface area contributed by atoms with E-state index in [-0.39, 0.29) is 24.2 Å². The highest BCUT2D eigenvalue weighted by Crippen LogP contribution is 2.22. The van der Waals surface area contributed by atoms with Gasteiger partial charge in [0.1, 0.15) is 0 Å². The van der Waals surface area contributed by atoms with Crippen molar-refractivity contribution in [1.82, 2.24) is 4.90 Å². The van der Waals surface area contributed by atoms with Gasteiger partial charge in [0.05, 0.1) is 12.2 Å². The van der Waals surface area contributed by atoms with Gasteiger partial charge in [-0.2, -0.15) is 0 Å². The largest absolute Gasteiger partial charge is 0.381 e. The molecule has 2 heterocycles. The number of rotatable bonds is 5. The molecule has 2 saturated heterocycles. The Morgan fingerprint density at radius 2 is 2.25 bits per heavy atom. The van der Waals surface area contributed by atoms with Crippen LogP contribution in [0.4, 0.5) is 0 Å². The SMILES string of the molecule is COC1CCN(C(=O)CCC2CCCCO2)C(CN)C1. The summed E-state index contributed by atoms with van der Waals surface area (Å²) >= 11 is 0. The molecule has 0 aliphatic carbocycles. The van der Waals surface area contributed by atoms with Crippen molar-refractivity contribution in [2.75, 3.05) is 26.8 Å². The van der Waals surface area contributed by atoms with Crippen molar-refractivity contribution in [3.05, 3.63) is 0 Å². The van der Waals surface area contributed by atoms with Gasteiger partial charge < -0.3 is 20.1 Å². The first-order valence-corrected chi connectivity index (χ1v) is 7.88. The van der Waals surface area contributed by atoms with E-state index in [0.29, 0.717) is 13.0 Å². The zero-order valence-electron chi connectivity index (χ0n) is 12.6. The van der Waals surface area contributed by atoms with Crippen molar-refractivity contribution in [2.45, 2.75) is 63.2 Å². The molecule has 20 heavy (non-hydrogen) atoms. The van der Waals surface area contributed by atoms with Crippen LogP contribution in [0.3, 0.4) is 0 Å². The third kappa shape index (κ3) is 4.17. The average Bonchev–Trinajstić information content (AvgIpc) is 2.52. The summed E-state index contributed by atoms with van der Waals surface area (Å²) in [7, 11) is 1.73. The maximum Gasteiger partial charge on any atom is 0.222 e. The molecule has 0 aromatic heterocycles. The zero-order valence-corrected chi connectivity index (χ0v) is 12.6. The molecule has 5 heteroatoms. The zero-order chi connectivity index (χ0) is 14.4. The van der Waals surface area contributed by atoms with Gasteiger partial charge in [0.15, 0.2) is 0 Å². The Kier molecular flexibility index (Phi) is 6.26. The van der Waals surface area contributed by atoms with E-state index in [1.165, 1.54) is 6.42 Å². The molecular weight excluding hydrogens is 256 g/mol. The monoisotopic (exact) mass is 284 g/mol. The molecule has 2 aliphatic heterocycles. The number of piperidine rings is 1. The molecule has 0 spiro atoms. The van der Waals surface area contributed by atoms with Gasteiger partial charge in [-0.1, -0.05) is 0 Å². The molecule has 0 radical (unpaired) electrons.